The first-order chi connectivity index (χ1) is 8.79. The van der Waals surface area contributed by atoms with Crippen LogP contribution in [-0.2, 0) is 15.8 Å². The van der Waals surface area contributed by atoms with Crippen molar-refractivity contribution in [2.75, 3.05) is 6.54 Å². The Hall–Kier alpha value is -2.31. The summed E-state index contributed by atoms with van der Waals surface area (Å²) in [6, 6.07) is 4.38. The van der Waals surface area contributed by atoms with Gasteiger partial charge in [0.2, 0.25) is 5.91 Å². The van der Waals surface area contributed by atoms with Crippen LogP contribution in [-0.4, -0.2) is 18.4 Å². The third-order valence-electron chi connectivity index (χ3n) is 2.05. The largest absolute Gasteiger partial charge is 0.548 e. The van der Waals surface area contributed by atoms with Crippen LogP contribution in [0.4, 0.5) is 13.2 Å². The molecule has 0 atom stereocenters. The zero-order valence-electron chi connectivity index (χ0n) is 9.53. The van der Waals surface area contributed by atoms with Gasteiger partial charge in [0.15, 0.2) is 0 Å². The van der Waals surface area contributed by atoms with Crippen LogP contribution in [0.3, 0.4) is 0 Å². The highest BCUT2D eigenvalue weighted by molar-refractivity contribution is 5.93. The molecule has 0 heterocycles. The fourth-order valence-electron chi connectivity index (χ4n) is 1.21. The van der Waals surface area contributed by atoms with Gasteiger partial charge in [-0.15, -0.1) is 0 Å². The van der Waals surface area contributed by atoms with Gasteiger partial charge in [0.1, 0.15) is 0 Å². The Morgan fingerprint density at radius 2 is 2.00 bits per heavy atom. The van der Waals surface area contributed by atoms with Crippen molar-refractivity contribution >= 4 is 18.0 Å². The Morgan fingerprint density at radius 1 is 1.32 bits per heavy atom. The molecular weight excluding hydrogens is 263 g/mol. The predicted octanol–water partition coefficient (Wildman–Crippen LogP) is 0.585. The zero-order chi connectivity index (χ0) is 14.5. The van der Waals surface area contributed by atoms with Crippen molar-refractivity contribution in [3.8, 4) is 0 Å². The molecule has 0 aliphatic heterocycles. The fraction of sp³-hybridized carbons (Fsp3) is 0.167. The molecule has 1 aromatic rings. The van der Waals surface area contributed by atoms with E-state index < -0.39 is 30.2 Å². The van der Waals surface area contributed by atoms with Crippen molar-refractivity contribution in [2.24, 2.45) is 0 Å². The number of carboxylic acid groups (broad SMARTS) is 1. The third-order valence-corrected chi connectivity index (χ3v) is 2.05. The number of hydrogen-bond acceptors (Lipinski definition) is 3. The third kappa shape index (κ3) is 5.24. The summed E-state index contributed by atoms with van der Waals surface area (Å²) in [7, 11) is 0. The summed E-state index contributed by atoms with van der Waals surface area (Å²) in [5.74, 6) is -2.19. The van der Waals surface area contributed by atoms with Gasteiger partial charge < -0.3 is 15.2 Å². The lowest BCUT2D eigenvalue weighted by Crippen LogP contribution is -2.36. The van der Waals surface area contributed by atoms with Crippen molar-refractivity contribution < 1.29 is 27.9 Å². The molecule has 0 saturated heterocycles. The van der Waals surface area contributed by atoms with Gasteiger partial charge in [-0.3, -0.25) is 4.79 Å². The minimum atomic E-state index is -4.46. The number of rotatable bonds is 4. The second kappa shape index (κ2) is 6.03. The molecule has 19 heavy (non-hydrogen) atoms. The summed E-state index contributed by atoms with van der Waals surface area (Å²) in [4.78, 5) is 21.1. The summed E-state index contributed by atoms with van der Waals surface area (Å²) in [5.41, 5.74) is -0.650. The lowest BCUT2D eigenvalue weighted by molar-refractivity contribution is -0.303. The van der Waals surface area contributed by atoms with Crippen LogP contribution in [0.5, 0.6) is 0 Å². The second-order valence-electron chi connectivity index (χ2n) is 3.55. The van der Waals surface area contributed by atoms with Gasteiger partial charge in [0.25, 0.3) is 0 Å². The van der Waals surface area contributed by atoms with Crippen LogP contribution in [0, 0.1) is 0 Å². The SMILES string of the molecule is O=C([O-])CNC(=O)C=Cc1cccc(C(F)(F)F)c1. The van der Waals surface area contributed by atoms with Gasteiger partial charge in [-0.05, 0) is 23.8 Å². The molecule has 1 N–H and O–H groups in total. The monoisotopic (exact) mass is 272 g/mol. The number of halogens is 3. The van der Waals surface area contributed by atoms with Gasteiger partial charge in [0, 0.05) is 6.08 Å². The van der Waals surface area contributed by atoms with Crippen LogP contribution in [0.15, 0.2) is 30.3 Å². The molecule has 1 rings (SSSR count). The van der Waals surface area contributed by atoms with Crippen LogP contribution in [0.2, 0.25) is 0 Å². The lowest BCUT2D eigenvalue weighted by Gasteiger charge is -2.06. The molecule has 0 bridgehead atoms. The van der Waals surface area contributed by atoms with E-state index in [1.165, 1.54) is 12.1 Å². The quantitative estimate of drug-likeness (QED) is 0.815. The van der Waals surface area contributed by atoms with Crippen molar-refractivity contribution in [1.82, 2.24) is 5.32 Å². The van der Waals surface area contributed by atoms with Crippen LogP contribution in [0.25, 0.3) is 6.08 Å². The van der Waals surface area contributed by atoms with Crippen molar-refractivity contribution in [1.29, 1.82) is 0 Å². The number of nitrogens with one attached hydrogen (secondary N) is 1. The number of hydrogen-bond donors (Lipinski definition) is 1. The zero-order valence-corrected chi connectivity index (χ0v) is 9.53. The number of aliphatic carboxylic acids is 1. The van der Waals surface area contributed by atoms with Crippen molar-refractivity contribution in [2.45, 2.75) is 6.18 Å². The van der Waals surface area contributed by atoms with Crippen LogP contribution >= 0.6 is 0 Å². The maximum Gasteiger partial charge on any atom is 0.416 e. The molecule has 102 valence electrons. The number of alkyl halides is 3. The Bertz CT molecular complexity index is 509. The van der Waals surface area contributed by atoms with E-state index in [1.54, 1.807) is 0 Å². The Balaban J connectivity index is 2.72. The molecule has 0 aromatic heterocycles. The first-order valence-corrected chi connectivity index (χ1v) is 5.12. The molecule has 0 saturated carbocycles. The molecule has 0 aliphatic rings. The molecule has 1 aromatic carbocycles. The maximum absolute atomic E-state index is 12.4. The van der Waals surface area contributed by atoms with Gasteiger partial charge in [-0.2, -0.15) is 13.2 Å². The van der Waals surface area contributed by atoms with E-state index in [9.17, 15) is 27.9 Å². The summed E-state index contributed by atoms with van der Waals surface area (Å²) in [6.07, 6.45) is -2.36. The van der Waals surface area contributed by atoms with E-state index in [1.807, 2.05) is 5.32 Å². The smallest absolute Gasteiger partial charge is 0.416 e. The summed E-state index contributed by atoms with van der Waals surface area (Å²) >= 11 is 0. The van der Waals surface area contributed by atoms with E-state index >= 15 is 0 Å². The molecule has 1 amide bonds. The van der Waals surface area contributed by atoms with Gasteiger partial charge in [0.05, 0.1) is 18.1 Å². The lowest BCUT2D eigenvalue weighted by atomic mass is 10.1. The number of amides is 1. The summed E-state index contributed by atoms with van der Waals surface area (Å²) < 4.78 is 37.2. The maximum atomic E-state index is 12.4. The fourth-order valence-corrected chi connectivity index (χ4v) is 1.21. The number of carbonyl (C=O) groups excluding carboxylic acids is 2. The van der Waals surface area contributed by atoms with E-state index in [4.69, 9.17) is 0 Å². The molecule has 0 aliphatic carbocycles. The summed E-state index contributed by atoms with van der Waals surface area (Å²) in [6.45, 7) is -0.661. The van der Waals surface area contributed by atoms with E-state index in [0.29, 0.717) is 0 Å². The van der Waals surface area contributed by atoms with E-state index in [-0.39, 0.29) is 5.56 Å². The topological polar surface area (TPSA) is 69.2 Å². The highest BCUT2D eigenvalue weighted by atomic mass is 19.4. The van der Waals surface area contributed by atoms with Gasteiger partial charge >= 0.3 is 6.18 Å². The predicted molar refractivity (Wildman–Crippen MR) is 58.5 cm³/mol. The number of benzene rings is 1. The average molecular weight is 272 g/mol. The molecule has 7 heteroatoms. The minimum absolute atomic E-state index is 0.179. The van der Waals surface area contributed by atoms with E-state index in [2.05, 4.69) is 0 Å². The van der Waals surface area contributed by atoms with Gasteiger partial charge in [-0.25, -0.2) is 0 Å². The molecule has 0 spiro atoms. The highest BCUT2D eigenvalue weighted by Gasteiger charge is 2.30. The first kappa shape index (κ1) is 14.7. The van der Waals surface area contributed by atoms with Crippen molar-refractivity contribution in [3.05, 3.63) is 41.5 Å². The molecule has 4 nitrogen and oxygen atoms in total. The van der Waals surface area contributed by atoms with E-state index in [0.717, 1.165) is 24.3 Å². The second-order valence-corrected chi connectivity index (χ2v) is 3.55. The highest BCUT2D eigenvalue weighted by Crippen LogP contribution is 2.29. The number of carbonyl (C=O) groups is 2. The average Bonchev–Trinajstić information content (AvgIpc) is 2.33. The molecule has 0 fully saturated rings. The Labute approximate surface area is 106 Å². The molecule has 0 unspecified atom stereocenters. The summed E-state index contributed by atoms with van der Waals surface area (Å²) in [5, 5.41) is 12.0. The molecule has 0 radical (unpaired) electrons. The minimum Gasteiger partial charge on any atom is -0.548 e. The van der Waals surface area contributed by atoms with Crippen molar-refractivity contribution in [3.63, 3.8) is 0 Å². The first-order valence-electron chi connectivity index (χ1n) is 5.12. The van der Waals surface area contributed by atoms with Crippen LogP contribution < -0.4 is 10.4 Å². The number of carboxylic acids is 1. The standard InChI is InChI=1S/C12H10F3NO3/c13-12(14,15)9-3-1-2-8(6-9)4-5-10(17)16-7-11(18)19/h1-6H,7H2,(H,16,17)(H,18,19)/p-1. The van der Waals surface area contributed by atoms with Gasteiger partial charge in [-0.1, -0.05) is 12.1 Å². The Kier molecular flexibility index (Phi) is 4.68. The van der Waals surface area contributed by atoms with Crippen LogP contribution in [0.1, 0.15) is 11.1 Å². The molecular formula is C12H9F3NO3-. The Morgan fingerprint density at radius 3 is 2.58 bits per heavy atom. The normalized spacial score (nSPS) is 11.5.